The highest BCUT2D eigenvalue weighted by Gasteiger charge is 2.16. The zero-order valence-corrected chi connectivity index (χ0v) is 15.7. The summed E-state index contributed by atoms with van der Waals surface area (Å²) in [7, 11) is 0. The van der Waals surface area contributed by atoms with Gasteiger partial charge in [-0.2, -0.15) is 0 Å². The Labute approximate surface area is 169 Å². The predicted molar refractivity (Wildman–Crippen MR) is 103 cm³/mol. The zero-order valence-electron chi connectivity index (χ0n) is 14.9. The third-order valence-corrected chi connectivity index (χ3v) is 3.83. The monoisotopic (exact) mass is 414 g/mol. The van der Waals surface area contributed by atoms with Gasteiger partial charge in [0.05, 0.1) is 11.3 Å². The van der Waals surface area contributed by atoms with E-state index in [4.69, 9.17) is 16.3 Å². The number of benzene rings is 2. The highest BCUT2D eigenvalue weighted by molar-refractivity contribution is 6.30. The maximum absolute atomic E-state index is 12.4. The van der Waals surface area contributed by atoms with Crippen LogP contribution in [0.2, 0.25) is 5.02 Å². The number of rotatable bonds is 7. The average Bonchev–Trinajstić information content (AvgIpc) is 3.21. The molecule has 0 aliphatic heterocycles. The Morgan fingerprint density at radius 2 is 1.76 bits per heavy atom. The van der Waals surface area contributed by atoms with Gasteiger partial charge in [-0.25, -0.2) is 9.48 Å². The summed E-state index contributed by atoms with van der Waals surface area (Å²) in [5.74, 6) is -1.70. The molecule has 2 aromatic carbocycles. The summed E-state index contributed by atoms with van der Waals surface area (Å²) in [6, 6.07) is 12.8. The van der Waals surface area contributed by atoms with Crippen LogP contribution in [0.25, 0.3) is 0 Å². The molecule has 0 atom stereocenters. The number of carbonyl (C=O) groups is 3. The Hall–Kier alpha value is -3.79. The van der Waals surface area contributed by atoms with E-state index in [1.165, 1.54) is 17.1 Å². The van der Waals surface area contributed by atoms with Crippen LogP contribution in [-0.4, -0.2) is 44.6 Å². The van der Waals surface area contributed by atoms with Crippen molar-refractivity contribution >= 4 is 40.8 Å². The lowest BCUT2D eigenvalue weighted by atomic mass is 10.2. The Kier molecular flexibility index (Phi) is 6.48. The largest absolute Gasteiger partial charge is 0.452 e. The van der Waals surface area contributed by atoms with Gasteiger partial charge in [-0.05, 0) is 46.8 Å². The fourth-order valence-electron chi connectivity index (χ4n) is 2.30. The Morgan fingerprint density at radius 3 is 2.48 bits per heavy atom. The van der Waals surface area contributed by atoms with Crippen LogP contribution in [0.4, 0.5) is 11.4 Å². The smallest absolute Gasteiger partial charge is 0.340 e. The van der Waals surface area contributed by atoms with E-state index < -0.39 is 24.4 Å². The first-order valence-corrected chi connectivity index (χ1v) is 8.71. The Balaban J connectivity index is 1.57. The van der Waals surface area contributed by atoms with Crippen molar-refractivity contribution in [3.05, 3.63) is 65.4 Å². The summed E-state index contributed by atoms with van der Waals surface area (Å²) in [5.41, 5.74) is 0.872. The van der Waals surface area contributed by atoms with Crippen LogP contribution in [-0.2, 0) is 20.9 Å². The molecule has 3 aromatic rings. The van der Waals surface area contributed by atoms with Crippen molar-refractivity contribution in [1.29, 1.82) is 0 Å². The first-order valence-electron chi connectivity index (χ1n) is 8.33. The van der Waals surface area contributed by atoms with E-state index in [2.05, 4.69) is 26.2 Å². The minimum atomic E-state index is -0.755. The molecule has 29 heavy (non-hydrogen) atoms. The van der Waals surface area contributed by atoms with Crippen LogP contribution in [0.1, 0.15) is 10.4 Å². The molecule has 0 saturated carbocycles. The molecule has 0 aliphatic carbocycles. The highest BCUT2D eigenvalue weighted by atomic mass is 35.5. The van der Waals surface area contributed by atoms with Gasteiger partial charge in [0.15, 0.2) is 6.61 Å². The molecule has 10 nitrogen and oxygen atoms in total. The van der Waals surface area contributed by atoms with Crippen molar-refractivity contribution in [3.8, 4) is 0 Å². The van der Waals surface area contributed by atoms with Gasteiger partial charge in [-0.3, -0.25) is 9.59 Å². The normalized spacial score (nSPS) is 10.2. The van der Waals surface area contributed by atoms with Crippen LogP contribution < -0.4 is 10.6 Å². The van der Waals surface area contributed by atoms with Crippen molar-refractivity contribution in [2.24, 2.45) is 0 Å². The molecule has 0 unspecified atom stereocenters. The second-order valence-corrected chi connectivity index (χ2v) is 6.17. The number of tetrazole rings is 1. The third-order valence-electron chi connectivity index (χ3n) is 3.58. The first kappa shape index (κ1) is 20.0. The van der Waals surface area contributed by atoms with Gasteiger partial charge in [0.1, 0.15) is 12.9 Å². The van der Waals surface area contributed by atoms with Gasteiger partial charge in [0.2, 0.25) is 5.91 Å². The number of para-hydroxylation sites is 1. The Morgan fingerprint density at radius 1 is 1.00 bits per heavy atom. The summed E-state index contributed by atoms with van der Waals surface area (Å²) in [6.07, 6.45) is 1.29. The molecule has 3 rings (SSSR count). The minimum Gasteiger partial charge on any atom is -0.452 e. The van der Waals surface area contributed by atoms with Crippen LogP contribution in [0.15, 0.2) is 54.9 Å². The topological polar surface area (TPSA) is 128 Å². The molecule has 0 spiro atoms. The fraction of sp³-hybridized carbons (Fsp3) is 0.111. The van der Waals surface area contributed by atoms with Crippen molar-refractivity contribution in [2.45, 2.75) is 6.54 Å². The van der Waals surface area contributed by atoms with Gasteiger partial charge in [0, 0.05) is 10.7 Å². The molecular formula is C18H15ClN6O4. The first-order chi connectivity index (χ1) is 14.0. The third kappa shape index (κ3) is 5.84. The maximum Gasteiger partial charge on any atom is 0.340 e. The van der Waals surface area contributed by atoms with E-state index >= 15 is 0 Å². The second kappa shape index (κ2) is 9.42. The van der Waals surface area contributed by atoms with Crippen LogP contribution >= 0.6 is 11.6 Å². The summed E-state index contributed by atoms with van der Waals surface area (Å²) in [5, 5.41) is 16.2. The lowest BCUT2D eigenvalue weighted by Gasteiger charge is -2.11. The number of anilines is 2. The zero-order chi connectivity index (χ0) is 20.6. The lowest BCUT2D eigenvalue weighted by Crippen LogP contribution is -2.23. The number of aromatic nitrogens is 4. The van der Waals surface area contributed by atoms with E-state index in [1.54, 1.807) is 42.5 Å². The van der Waals surface area contributed by atoms with E-state index in [9.17, 15) is 14.4 Å². The van der Waals surface area contributed by atoms with Gasteiger partial charge >= 0.3 is 5.97 Å². The molecule has 2 N–H and O–H groups in total. The van der Waals surface area contributed by atoms with Crippen molar-refractivity contribution < 1.29 is 19.1 Å². The quantitative estimate of drug-likeness (QED) is 0.563. The van der Waals surface area contributed by atoms with Gasteiger partial charge in [-0.1, -0.05) is 23.7 Å². The van der Waals surface area contributed by atoms with Crippen molar-refractivity contribution in [1.82, 2.24) is 20.2 Å². The summed E-state index contributed by atoms with van der Waals surface area (Å²) in [4.78, 5) is 36.4. The number of ether oxygens (including phenoxy) is 1. The minimum absolute atomic E-state index is 0.108. The van der Waals surface area contributed by atoms with E-state index in [0.29, 0.717) is 10.7 Å². The van der Waals surface area contributed by atoms with Crippen LogP contribution in [0, 0.1) is 0 Å². The standard InChI is InChI=1S/C18H15ClN6O4/c19-12-5-7-13(8-6-12)21-17(27)10-29-18(28)14-3-1-2-4-15(14)22-16(26)9-25-11-20-23-24-25/h1-8,11H,9-10H2,(H,21,27)(H,22,26). The van der Waals surface area contributed by atoms with Crippen molar-refractivity contribution in [3.63, 3.8) is 0 Å². The van der Waals surface area contributed by atoms with Crippen LogP contribution in [0.5, 0.6) is 0 Å². The Bertz CT molecular complexity index is 1010. The van der Waals surface area contributed by atoms with Gasteiger partial charge in [-0.15, -0.1) is 5.10 Å². The molecule has 1 heterocycles. The molecule has 0 fully saturated rings. The number of carbonyl (C=O) groups excluding carboxylic acids is 3. The summed E-state index contributed by atoms with van der Waals surface area (Å²) < 4.78 is 6.28. The molecule has 1 aromatic heterocycles. The molecule has 11 heteroatoms. The van der Waals surface area contributed by atoms with Crippen molar-refractivity contribution in [2.75, 3.05) is 17.2 Å². The van der Waals surface area contributed by atoms with E-state index in [-0.39, 0.29) is 17.8 Å². The average molecular weight is 415 g/mol. The molecule has 0 aliphatic rings. The number of hydrogen-bond donors (Lipinski definition) is 2. The number of halogens is 1. The highest BCUT2D eigenvalue weighted by Crippen LogP contribution is 2.17. The molecule has 0 saturated heterocycles. The lowest BCUT2D eigenvalue weighted by molar-refractivity contribution is -0.119. The van der Waals surface area contributed by atoms with Gasteiger partial charge < -0.3 is 15.4 Å². The maximum atomic E-state index is 12.4. The fourth-order valence-corrected chi connectivity index (χ4v) is 2.42. The molecule has 0 radical (unpaired) electrons. The molecule has 2 amide bonds. The number of nitrogens with one attached hydrogen (secondary N) is 2. The predicted octanol–water partition coefficient (Wildman–Crippen LogP) is 1.76. The number of hydrogen-bond acceptors (Lipinski definition) is 7. The summed E-state index contributed by atoms with van der Waals surface area (Å²) >= 11 is 5.79. The second-order valence-electron chi connectivity index (χ2n) is 5.73. The number of amides is 2. The molecule has 148 valence electrons. The van der Waals surface area contributed by atoms with E-state index in [1.807, 2.05) is 0 Å². The SMILES string of the molecule is O=C(COC(=O)c1ccccc1NC(=O)Cn1cnnn1)Nc1ccc(Cl)cc1. The summed E-state index contributed by atoms with van der Waals surface area (Å²) in [6.45, 7) is -0.617. The van der Waals surface area contributed by atoms with Crippen LogP contribution in [0.3, 0.4) is 0 Å². The van der Waals surface area contributed by atoms with Gasteiger partial charge in [0.25, 0.3) is 5.91 Å². The number of esters is 1. The van der Waals surface area contributed by atoms with E-state index in [0.717, 1.165) is 0 Å². The molecular weight excluding hydrogens is 400 g/mol. The number of nitrogens with zero attached hydrogens (tertiary/aromatic N) is 4. The molecule has 0 bridgehead atoms.